The van der Waals surface area contributed by atoms with Crippen LogP contribution in [0.25, 0.3) is 0 Å². The van der Waals surface area contributed by atoms with Crippen LogP contribution < -0.4 is 0 Å². The summed E-state index contributed by atoms with van der Waals surface area (Å²) in [6.45, 7) is 3.52. The molecule has 0 atom stereocenters. The molecule has 0 spiro atoms. The van der Waals surface area contributed by atoms with Crippen molar-refractivity contribution in [2.24, 2.45) is 0 Å². The number of hydrogen-bond acceptors (Lipinski definition) is 4. The number of sulfonamides is 1. The Morgan fingerprint density at radius 1 is 1.10 bits per heavy atom. The molecule has 0 aliphatic carbocycles. The minimum Gasteiger partial charge on any atom is -0.465 e. The Hall–Kier alpha value is -2.39. The van der Waals surface area contributed by atoms with Crippen LogP contribution in [-0.4, -0.2) is 38.4 Å². The van der Waals surface area contributed by atoms with Crippen LogP contribution in [0.15, 0.2) is 53.4 Å². The van der Waals surface area contributed by atoms with Crippen LogP contribution in [0.2, 0.25) is 0 Å². The molecule has 0 saturated carbocycles. The van der Waals surface area contributed by atoms with E-state index in [-0.39, 0.29) is 43.0 Å². The maximum Gasteiger partial charge on any atom is 0.416 e. The van der Waals surface area contributed by atoms with Gasteiger partial charge in [-0.3, -0.25) is 4.79 Å². The average Bonchev–Trinajstić information content (AvgIpc) is 2.74. The van der Waals surface area contributed by atoms with E-state index < -0.39 is 33.1 Å². The number of hydrogen-bond donors (Lipinski definition) is 0. The fraction of sp³-hybridized carbons (Fsp3) is 0.409. The molecule has 31 heavy (non-hydrogen) atoms. The molecule has 2 aromatic rings. The van der Waals surface area contributed by atoms with Crippen molar-refractivity contribution >= 4 is 16.0 Å². The summed E-state index contributed by atoms with van der Waals surface area (Å²) in [7, 11) is -3.78. The zero-order valence-electron chi connectivity index (χ0n) is 17.3. The van der Waals surface area contributed by atoms with Gasteiger partial charge in [0.05, 0.1) is 22.5 Å². The first kappa shape index (κ1) is 23.3. The molecule has 0 unspecified atom stereocenters. The third kappa shape index (κ3) is 4.62. The zero-order chi connectivity index (χ0) is 22.9. The molecule has 1 fully saturated rings. The Morgan fingerprint density at radius 2 is 1.71 bits per heavy atom. The number of carbonyl (C=O) groups excluding carboxylic acids is 1. The Kier molecular flexibility index (Phi) is 6.48. The van der Waals surface area contributed by atoms with Crippen LogP contribution in [0.5, 0.6) is 0 Å². The molecule has 0 N–H and O–H groups in total. The largest absolute Gasteiger partial charge is 0.465 e. The van der Waals surface area contributed by atoms with Gasteiger partial charge < -0.3 is 4.74 Å². The highest BCUT2D eigenvalue weighted by molar-refractivity contribution is 7.89. The molecule has 168 valence electrons. The number of rotatable bonds is 5. The molecule has 9 heteroatoms. The molecule has 1 aliphatic rings. The van der Waals surface area contributed by atoms with E-state index in [2.05, 4.69) is 0 Å². The van der Waals surface area contributed by atoms with Crippen LogP contribution in [0.3, 0.4) is 0 Å². The van der Waals surface area contributed by atoms with E-state index in [0.717, 1.165) is 17.7 Å². The van der Waals surface area contributed by atoms with Crippen molar-refractivity contribution in [3.05, 3.63) is 65.2 Å². The number of benzene rings is 2. The number of halogens is 3. The number of esters is 1. The molecule has 1 heterocycles. The molecule has 0 radical (unpaired) electrons. The van der Waals surface area contributed by atoms with E-state index in [0.29, 0.717) is 0 Å². The van der Waals surface area contributed by atoms with Crippen LogP contribution in [0.4, 0.5) is 13.2 Å². The number of ether oxygens (including phenoxy) is 1. The SMILES string of the molecule is CCOC(=O)C1(c2cccc(C(F)(F)F)c2)CCN(S(=O)(=O)c2ccc(C)cc2)CC1. The maximum atomic E-state index is 13.2. The van der Waals surface area contributed by atoms with Crippen LogP contribution >= 0.6 is 0 Å². The van der Waals surface area contributed by atoms with E-state index in [9.17, 15) is 26.4 Å². The van der Waals surface area contributed by atoms with Gasteiger partial charge in [0.15, 0.2) is 0 Å². The molecule has 1 saturated heterocycles. The lowest BCUT2D eigenvalue weighted by atomic mass is 9.73. The van der Waals surface area contributed by atoms with Gasteiger partial charge in [0.25, 0.3) is 0 Å². The number of alkyl halides is 3. The zero-order valence-corrected chi connectivity index (χ0v) is 18.1. The smallest absolute Gasteiger partial charge is 0.416 e. The lowest BCUT2D eigenvalue weighted by molar-refractivity contribution is -0.152. The normalized spacial score (nSPS) is 17.3. The second kappa shape index (κ2) is 8.63. The Bertz CT molecular complexity index is 1040. The van der Waals surface area contributed by atoms with Crippen molar-refractivity contribution in [2.45, 2.75) is 43.2 Å². The number of carbonyl (C=O) groups is 1. The van der Waals surface area contributed by atoms with Gasteiger partial charge in [0.1, 0.15) is 0 Å². The molecule has 0 amide bonds. The van der Waals surface area contributed by atoms with Crippen molar-refractivity contribution < 1.29 is 31.1 Å². The van der Waals surface area contributed by atoms with Gasteiger partial charge in [-0.25, -0.2) is 8.42 Å². The average molecular weight is 455 g/mol. The quantitative estimate of drug-likeness (QED) is 0.631. The molecule has 5 nitrogen and oxygen atoms in total. The van der Waals surface area contributed by atoms with Crippen molar-refractivity contribution in [3.63, 3.8) is 0 Å². The van der Waals surface area contributed by atoms with Gasteiger partial charge in [0, 0.05) is 13.1 Å². The fourth-order valence-corrected chi connectivity index (χ4v) is 5.28. The molecule has 2 aromatic carbocycles. The summed E-state index contributed by atoms with van der Waals surface area (Å²) in [5, 5.41) is 0. The van der Waals surface area contributed by atoms with Gasteiger partial charge in [-0.2, -0.15) is 17.5 Å². The highest BCUT2D eigenvalue weighted by Crippen LogP contribution is 2.40. The monoisotopic (exact) mass is 455 g/mol. The lowest BCUT2D eigenvalue weighted by Crippen LogP contribution is -2.49. The van der Waals surface area contributed by atoms with E-state index in [1.807, 2.05) is 6.92 Å². The highest BCUT2D eigenvalue weighted by atomic mass is 32.2. The standard InChI is InChI=1S/C22H24F3NO4S/c1-3-30-20(27)21(17-5-4-6-18(15-17)22(23,24)25)11-13-26(14-12-21)31(28,29)19-9-7-16(2)8-10-19/h4-10,15H,3,11-14H2,1-2H3. The second-order valence-electron chi connectivity index (χ2n) is 7.60. The van der Waals surface area contributed by atoms with Crippen LogP contribution in [0.1, 0.15) is 36.5 Å². The van der Waals surface area contributed by atoms with E-state index in [1.165, 1.54) is 28.6 Å². The van der Waals surface area contributed by atoms with Crippen molar-refractivity contribution in [1.29, 1.82) is 0 Å². The Morgan fingerprint density at radius 3 is 2.26 bits per heavy atom. The van der Waals surface area contributed by atoms with Gasteiger partial charge in [-0.1, -0.05) is 35.9 Å². The summed E-state index contributed by atoms with van der Waals surface area (Å²) in [6.07, 6.45) is -4.50. The molecular formula is C22H24F3NO4S. The fourth-order valence-electron chi connectivity index (χ4n) is 3.84. The summed E-state index contributed by atoms with van der Waals surface area (Å²) >= 11 is 0. The summed E-state index contributed by atoms with van der Waals surface area (Å²) < 4.78 is 72.2. The number of piperidine rings is 1. The molecule has 3 rings (SSSR count). The van der Waals surface area contributed by atoms with E-state index in [4.69, 9.17) is 4.74 Å². The topological polar surface area (TPSA) is 63.7 Å². The Labute approximate surface area is 179 Å². The predicted molar refractivity (Wildman–Crippen MR) is 109 cm³/mol. The minimum absolute atomic E-state index is 0.00866. The van der Waals surface area contributed by atoms with Crippen molar-refractivity contribution in [1.82, 2.24) is 4.31 Å². The van der Waals surface area contributed by atoms with Gasteiger partial charge in [-0.15, -0.1) is 0 Å². The van der Waals surface area contributed by atoms with Crippen LogP contribution in [0, 0.1) is 6.92 Å². The van der Waals surface area contributed by atoms with E-state index >= 15 is 0 Å². The van der Waals surface area contributed by atoms with Gasteiger partial charge in [-0.05, 0) is 50.5 Å². The summed E-state index contributed by atoms with van der Waals surface area (Å²) in [6, 6.07) is 11.1. The first-order valence-corrected chi connectivity index (χ1v) is 11.4. The summed E-state index contributed by atoms with van der Waals surface area (Å²) in [5.74, 6) is -0.637. The second-order valence-corrected chi connectivity index (χ2v) is 9.54. The highest BCUT2D eigenvalue weighted by Gasteiger charge is 2.47. The minimum atomic E-state index is -4.55. The third-order valence-corrected chi connectivity index (χ3v) is 7.56. The first-order chi connectivity index (χ1) is 14.5. The van der Waals surface area contributed by atoms with Gasteiger partial charge in [0.2, 0.25) is 10.0 Å². The molecular weight excluding hydrogens is 431 g/mol. The lowest BCUT2D eigenvalue weighted by Gasteiger charge is -2.39. The first-order valence-electron chi connectivity index (χ1n) is 9.92. The summed E-state index contributed by atoms with van der Waals surface area (Å²) in [5.41, 5.74) is -1.09. The third-order valence-electron chi connectivity index (χ3n) is 5.64. The van der Waals surface area contributed by atoms with Crippen LogP contribution in [-0.2, 0) is 31.1 Å². The van der Waals surface area contributed by atoms with E-state index in [1.54, 1.807) is 19.1 Å². The maximum absolute atomic E-state index is 13.2. The van der Waals surface area contributed by atoms with Crippen molar-refractivity contribution in [3.8, 4) is 0 Å². The Balaban J connectivity index is 1.93. The molecule has 0 bridgehead atoms. The molecule has 0 aromatic heterocycles. The number of aryl methyl sites for hydroxylation is 1. The molecule has 1 aliphatic heterocycles. The predicted octanol–water partition coefficient (Wildman–Crippen LogP) is 4.30. The summed E-state index contributed by atoms with van der Waals surface area (Å²) in [4.78, 5) is 13.0. The van der Waals surface area contributed by atoms with Crippen molar-refractivity contribution in [2.75, 3.05) is 19.7 Å². The number of nitrogens with zero attached hydrogens (tertiary/aromatic N) is 1. The van der Waals surface area contributed by atoms with Gasteiger partial charge >= 0.3 is 12.1 Å².